The molecule has 2 aromatic rings. The Hall–Kier alpha value is -2.17. The minimum atomic E-state index is -0.0227. The lowest BCUT2D eigenvalue weighted by atomic mass is 10.2. The van der Waals surface area contributed by atoms with E-state index in [2.05, 4.69) is 15.2 Å². The van der Waals surface area contributed by atoms with Crippen molar-refractivity contribution >= 4 is 5.78 Å². The molecular formula is C11H11N3O2. The first-order chi connectivity index (χ1) is 7.65. The van der Waals surface area contributed by atoms with E-state index in [1.807, 2.05) is 6.92 Å². The van der Waals surface area contributed by atoms with Crippen molar-refractivity contribution < 1.29 is 9.53 Å². The monoisotopic (exact) mass is 217 g/mol. The van der Waals surface area contributed by atoms with E-state index in [0.717, 1.165) is 5.69 Å². The van der Waals surface area contributed by atoms with Crippen LogP contribution >= 0.6 is 0 Å². The molecule has 0 amide bonds. The molecule has 0 radical (unpaired) electrons. The summed E-state index contributed by atoms with van der Waals surface area (Å²) in [6, 6.07) is 4.99. The first kappa shape index (κ1) is 10.4. The molecule has 0 saturated carbocycles. The van der Waals surface area contributed by atoms with Crippen LogP contribution in [0.4, 0.5) is 0 Å². The van der Waals surface area contributed by atoms with Gasteiger partial charge >= 0.3 is 0 Å². The van der Waals surface area contributed by atoms with Gasteiger partial charge in [-0.25, -0.2) is 4.98 Å². The number of H-pyrrole nitrogens is 1. The van der Waals surface area contributed by atoms with Crippen LogP contribution in [0, 0.1) is 6.92 Å². The van der Waals surface area contributed by atoms with Crippen LogP contribution in [0.1, 0.15) is 23.0 Å². The summed E-state index contributed by atoms with van der Waals surface area (Å²) in [6.45, 7) is 3.37. The number of hydrogen-bond acceptors (Lipinski definition) is 4. The van der Waals surface area contributed by atoms with E-state index in [1.165, 1.54) is 13.1 Å². The number of carbonyl (C=O) groups is 1. The number of hydrogen-bond donors (Lipinski definition) is 1. The SMILES string of the molecule is CC(=O)c1ccnc(Oc2cc(C)[nH]n2)c1. The van der Waals surface area contributed by atoms with Crippen molar-refractivity contribution in [3.8, 4) is 11.8 Å². The van der Waals surface area contributed by atoms with Crippen LogP contribution in [-0.4, -0.2) is 21.0 Å². The molecule has 0 fully saturated rings. The first-order valence-corrected chi connectivity index (χ1v) is 4.82. The molecule has 2 aromatic heterocycles. The summed E-state index contributed by atoms with van der Waals surface area (Å²) in [4.78, 5) is 15.1. The summed E-state index contributed by atoms with van der Waals surface area (Å²) in [5.41, 5.74) is 1.47. The molecule has 0 aliphatic rings. The molecule has 0 saturated heterocycles. The Bertz CT molecular complexity index is 519. The summed E-state index contributed by atoms with van der Waals surface area (Å²) >= 11 is 0. The Morgan fingerprint density at radius 3 is 2.81 bits per heavy atom. The van der Waals surface area contributed by atoms with Crippen molar-refractivity contribution in [2.45, 2.75) is 13.8 Å². The molecule has 0 aromatic carbocycles. The molecule has 0 spiro atoms. The van der Waals surface area contributed by atoms with Gasteiger partial charge in [0, 0.05) is 29.6 Å². The van der Waals surface area contributed by atoms with Gasteiger partial charge in [-0.1, -0.05) is 0 Å². The number of pyridine rings is 1. The van der Waals surface area contributed by atoms with Crippen molar-refractivity contribution in [3.05, 3.63) is 35.7 Å². The average molecular weight is 217 g/mol. The van der Waals surface area contributed by atoms with E-state index in [9.17, 15) is 4.79 Å². The molecule has 0 unspecified atom stereocenters. The summed E-state index contributed by atoms with van der Waals surface area (Å²) in [7, 11) is 0. The molecule has 1 N–H and O–H groups in total. The maximum absolute atomic E-state index is 11.1. The van der Waals surface area contributed by atoms with E-state index in [4.69, 9.17) is 4.74 Å². The Morgan fingerprint density at radius 1 is 1.38 bits per heavy atom. The van der Waals surface area contributed by atoms with Gasteiger partial charge in [-0.3, -0.25) is 9.89 Å². The highest BCUT2D eigenvalue weighted by molar-refractivity contribution is 5.94. The Kier molecular flexibility index (Phi) is 2.68. The lowest BCUT2D eigenvalue weighted by Crippen LogP contribution is -1.94. The van der Waals surface area contributed by atoms with E-state index in [-0.39, 0.29) is 5.78 Å². The highest BCUT2D eigenvalue weighted by atomic mass is 16.5. The smallest absolute Gasteiger partial charge is 0.240 e. The zero-order valence-electron chi connectivity index (χ0n) is 9.02. The maximum atomic E-state index is 11.1. The van der Waals surface area contributed by atoms with Gasteiger partial charge in [-0.2, -0.15) is 0 Å². The van der Waals surface area contributed by atoms with Crippen LogP contribution in [0.5, 0.6) is 11.8 Å². The van der Waals surface area contributed by atoms with Crippen LogP contribution in [0.25, 0.3) is 0 Å². The van der Waals surface area contributed by atoms with Gasteiger partial charge in [0.1, 0.15) is 0 Å². The van der Waals surface area contributed by atoms with Gasteiger partial charge in [-0.15, -0.1) is 5.10 Å². The van der Waals surface area contributed by atoms with Crippen molar-refractivity contribution in [1.29, 1.82) is 0 Å². The molecule has 82 valence electrons. The number of ketones is 1. The first-order valence-electron chi connectivity index (χ1n) is 4.82. The van der Waals surface area contributed by atoms with Crippen molar-refractivity contribution in [1.82, 2.24) is 15.2 Å². The maximum Gasteiger partial charge on any atom is 0.240 e. The predicted octanol–water partition coefficient (Wildman–Crippen LogP) is 2.11. The predicted molar refractivity (Wildman–Crippen MR) is 57.6 cm³/mol. The zero-order chi connectivity index (χ0) is 11.5. The second kappa shape index (κ2) is 4.14. The van der Waals surface area contributed by atoms with Gasteiger partial charge in [0.05, 0.1) is 0 Å². The lowest BCUT2D eigenvalue weighted by Gasteiger charge is -2.01. The third-order valence-electron chi connectivity index (χ3n) is 2.03. The molecule has 2 heterocycles. The minimum Gasteiger partial charge on any atom is -0.419 e. The van der Waals surface area contributed by atoms with Gasteiger partial charge in [0.2, 0.25) is 11.8 Å². The summed E-state index contributed by atoms with van der Waals surface area (Å²) in [5.74, 6) is 0.773. The quantitative estimate of drug-likeness (QED) is 0.799. The van der Waals surface area contributed by atoms with Gasteiger partial charge in [-0.05, 0) is 19.9 Å². The highest BCUT2D eigenvalue weighted by Gasteiger charge is 2.05. The van der Waals surface area contributed by atoms with E-state index >= 15 is 0 Å². The molecule has 5 heteroatoms. The third-order valence-corrected chi connectivity index (χ3v) is 2.03. The van der Waals surface area contributed by atoms with Crippen molar-refractivity contribution in [3.63, 3.8) is 0 Å². The second-order valence-corrected chi connectivity index (χ2v) is 3.43. The van der Waals surface area contributed by atoms with Gasteiger partial charge in [0.25, 0.3) is 0 Å². The fourth-order valence-corrected chi connectivity index (χ4v) is 1.24. The van der Waals surface area contributed by atoms with E-state index in [1.54, 1.807) is 18.2 Å². The molecule has 0 atom stereocenters. The normalized spacial score (nSPS) is 10.1. The number of nitrogens with one attached hydrogen (secondary N) is 1. The average Bonchev–Trinajstić information content (AvgIpc) is 2.64. The Labute approximate surface area is 92.5 Å². The lowest BCUT2D eigenvalue weighted by molar-refractivity contribution is 0.101. The topological polar surface area (TPSA) is 67.9 Å². The number of Topliss-reactive ketones (excluding diaryl/α,β-unsaturated/α-hetero) is 1. The summed E-state index contributed by atoms with van der Waals surface area (Å²) < 4.78 is 5.38. The molecule has 0 bridgehead atoms. The van der Waals surface area contributed by atoms with E-state index in [0.29, 0.717) is 17.3 Å². The van der Waals surface area contributed by atoms with E-state index < -0.39 is 0 Å². The number of carbonyl (C=O) groups excluding carboxylic acids is 1. The standard InChI is InChI=1S/C11H11N3O2/c1-7-5-11(14-13-7)16-10-6-9(8(2)15)3-4-12-10/h3-6H,1-2H3,(H,13,14). The molecule has 0 aliphatic heterocycles. The summed E-state index contributed by atoms with van der Waals surface area (Å²) in [5, 5.41) is 6.67. The molecular weight excluding hydrogens is 206 g/mol. The number of aryl methyl sites for hydroxylation is 1. The number of nitrogens with zero attached hydrogens (tertiary/aromatic N) is 2. The molecule has 2 rings (SSSR count). The number of aromatic nitrogens is 3. The van der Waals surface area contributed by atoms with Crippen molar-refractivity contribution in [2.75, 3.05) is 0 Å². The number of aromatic amines is 1. The Morgan fingerprint density at radius 2 is 2.19 bits per heavy atom. The highest BCUT2D eigenvalue weighted by Crippen LogP contribution is 2.18. The Balaban J connectivity index is 2.21. The largest absolute Gasteiger partial charge is 0.419 e. The summed E-state index contributed by atoms with van der Waals surface area (Å²) in [6.07, 6.45) is 1.53. The molecule has 0 aliphatic carbocycles. The van der Waals surface area contributed by atoms with Gasteiger partial charge in [0.15, 0.2) is 5.78 Å². The second-order valence-electron chi connectivity index (χ2n) is 3.43. The van der Waals surface area contributed by atoms with Crippen LogP contribution < -0.4 is 4.74 Å². The van der Waals surface area contributed by atoms with Crippen LogP contribution in [0.2, 0.25) is 0 Å². The van der Waals surface area contributed by atoms with Crippen molar-refractivity contribution in [2.24, 2.45) is 0 Å². The van der Waals surface area contributed by atoms with Crippen LogP contribution in [-0.2, 0) is 0 Å². The zero-order valence-corrected chi connectivity index (χ0v) is 9.02. The molecule has 5 nitrogen and oxygen atoms in total. The number of rotatable bonds is 3. The number of ether oxygens (including phenoxy) is 1. The fourth-order valence-electron chi connectivity index (χ4n) is 1.24. The van der Waals surface area contributed by atoms with Crippen LogP contribution in [0.15, 0.2) is 24.4 Å². The van der Waals surface area contributed by atoms with Gasteiger partial charge < -0.3 is 4.74 Å². The van der Waals surface area contributed by atoms with Crippen LogP contribution in [0.3, 0.4) is 0 Å². The fraction of sp³-hybridized carbons (Fsp3) is 0.182. The molecule has 16 heavy (non-hydrogen) atoms. The minimum absolute atomic E-state index is 0.0227. The third kappa shape index (κ3) is 2.25.